The minimum absolute atomic E-state index is 0.0809. The highest BCUT2D eigenvalue weighted by molar-refractivity contribution is 6.10. The Morgan fingerprint density at radius 2 is 1.83 bits per heavy atom. The van der Waals surface area contributed by atoms with Gasteiger partial charge in [-0.3, -0.25) is 9.59 Å². The Balaban J connectivity index is 1.79. The first kappa shape index (κ1) is 14.0. The van der Waals surface area contributed by atoms with Gasteiger partial charge in [-0.25, -0.2) is 0 Å². The van der Waals surface area contributed by atoms with Crippen LogP contribution in [0.15, 0.2) is 48.5 Å². The van der Waals surface area contributed by atoms with Crippen molar-refractivity contribution in [2.75, 3.05) is 25.0 Å². The van der Waals surface area contributed by atoms with Gasteiger partial charge in [-0.05, 0) is 23.3 Å². The molecule has 2 aliphatic heterocycles. The van der Waals surface area contributed by atoms with E-state index in [1.807, 2.05) is 48.5 Å². The average molecular weight is 307 g/mol. The van der Waals surface area contributed by atoms with E-state index in [2.05, 4.69) is 10.6 Å². The van der Waals surface area contributed by atoms with Crippen LogP contribution in [0.2, 0.25) is 0 Å². The summed E-state index contributed by atoms with van der Waals surface area (Å²) in [5, 5.41) is 6.06. The average Bonchev–Trinajstić information content (AvgIpc) is 2.71. The molecule has 23 heavy (non-hydrogen) atoms. The quantitative estimate of drug-likeness (QED) is 0.843. The van der Waals surface area contributed by atoms with Crippen molar-refractivity contribution in [2.24, 2.45) is 0 Å². The molecule has 2 aliphatic rings. The van der Waals surface area contributed by atoms with Crippen LogP contribution < -0.4 is 10.6 Å². The van der Waals surface area contributed by atoms with E-state index in [1.165, 1.54) is 0 Å². The van der Waals surface area contributed by atoms with Gasteiger partial charge in [0.1, 0.15) is 6.04 Å². The van der Waals surface area contributed by atoms with Gasteiger partial charge in [-0.2, -0.15) is 0 Å². The van der Waals surface area contributed by atoms with Gasteiger partial charge in [0.05, 0.1) is 11.3 Å². The summed E-state index contributed by atoms with van der Waals surface area (Å²) in [6, 6.07) is 15.1. The predicted molar refractivity (Wildman–Crippen MR) is 88.2 cm³/mol. The number of carbonyl (C=O) groups excluding carboxylic acids is 2. The standard InChI is InChI=1S/C18H17N3O2/c22-17-16-11-19-8-9-21(16)18(23)14-10-13(6-7-15(14)20-17)12-4-2-1-3-5-12/h1-7,10,16,19H,8-9,11H2,(H,20,22)/t16-/m1/s1. The number of piperazine rings is 1. The molecule has 0 bridgehead atoms. The van der Waals surface area contributed by atoms with Crippen molar-refractivity contribution in [2.45, 2.75) is 6.04 Å². The summed E-state index contributed by atoms with van der Waals surface area (Å²) < 4.78 is 0. The first-order valence-electron chi connectivity index (χ1n) is 7.76. The summed E-state index contributed by atoms with van der Waals surface area (Å²) >= 11 is 0. The molecule has 0 radical (unpaired) electrons. The molecule has 4 rings (SSSR count). The number of nitrogens with one attached hydrogen (secondary N) is 2. The maximum Gasteiger partial charge on any atom is 0.256 e. The molecular weight excluding hydrogens is 290 g/mol. The number of hydrogen-bond acceptors (Lipinski definition) is 3. The van der Waals surface area contributed by atoms with Gasteiger partial charge >= 0.3 is 0 Å². The van der Waals surface area contributed by atoms with E-state index >= 15 is 0 Å². The summed E-state index contributed by atoms with van der Waals surface area (Å²) in [5.74, 6) is -0.209. The third-order valence-electron chi connectivity index (χ3n) is 4.42. The number of anilines is 1. The highest BCUT2D eigenvalue weighted by atomic mass is 16.2. The molecule has 0 aliphatic carbocycles. The second-order valence-electron chi connectivity index (χ2n) is 5.83. The Kier molecular flexibility index (Phi) is 3.35. The lowest BCUT2D eigenvalue weighted by Crippen LogP contribution is -2.57. The van der Waals surface area contributed by atoms with Crippen LogP contribution in [0.4, 0.5) is 5.69 Å². The number of nitrogens with zero attached hydrogens (tertiary/aromatic N) is 1. The maximum atomic E-state index is 12.9. The smallest absolute Gasteiger partial charge is 0.256 e. The molecule has 1 saturated heterocycles. The molecule has 2 aromatic rings. The SMILES string of the molecule is O=C1Nc2ccc(-c3ccccc3)cc2C(=O)N2CCNC[C@H]12. The molecule has 2 amide bonds. The summed E-state index contributed by atoms with van der Waals surface area (Å²) in [6.45, 7) is 1.76. The Labute approximate surface area is 134 Å². The number of rotatable bonds is 1. The molecule has 1 atom stereocenters. The zero-order valence-electron chi connectivity index (χ0n) is 12.6. The van der Waals surface area contributed by atoms with Gasteiger partial charge < -0.3 is 15.5 Å². The number of benzene rings is 2. The lowest BCUT2D eigenvalue weighted by molar-refractivity contribution is -0.120. The van der Waals surface area contributed by atoms with Crippen LogP contribution in [0.5, 0.6) is 0 Å². The topological polar surface area (TPSA) is 61.4 Å². The van der Waals surface area contributed by atoms with Gasteiger partial charge in [0, 0.05) is 19.6 Å². The van der Waals surface area contributed by atoms with Crippen LogP contribution in [0.25, 0.3) is 11.1 Å². The van der Waals surface area contributed by atoms with Crippen LogP contribution in [-0.4, -0.2) is 42.4 Å². The molecule has 0 aromatic heterocycles. The number of carbonyl (C=O) groups is 2. The normalized spacial score (nSPS) is 20.3. The van der Waals surface area contributed by atoms with Crippen molar-refractivity contribution in [1.29, 1.82) is 0 Å². The summed E-state index contributed by atoms with van der Waals surface area (Å²) in [4.78, 5) is 26.9. The van der Waals surface area contributed by atoms with E-state index in [0.717, 1.165) is 11.1 Å². The fraction of sp³-hybridized carbons (Fsp3) is 0.222. The number of fused-ring (bicyclic) bond motifs is 2. The van der Waals surface area contributed by atoms with Crippen LogP contribution in [-0.2, 0) is 4.79 Å². The molecule has 5 nitrogen and oxygen atoms in total. The summed E-state index contributed by atoms with van der Waals surface area (Å²) in [5.41, 5.74) is 3.18. The van der Waals surface area contributed by atoms with E-state index in [-0.39, 0.29) is 11.8 Å². The largest absolute Gasteiger partial charge is 0.324 e. The second kappa shape index (κ2) is 5.52. The van der Waals surface area contributed by atoms with Crippen molar-refractivity contribution in [3.8, 4) is 11.1 Å². The zero-order chi connectivity index (χ0) is 15.8. The molecule has 5 heteroatoms. The lowest BCUT2D eigenvalue weighted by atomic mass is 10.0. The van der Waals surface area contributed by atoms with Gasteiger partial charge in [0.25, 0.3) is 5.91 Å². The van der Waals surface area contributed by atoms with Gasteiger partial charge in [0.15, 0.2) is 0 Å². The molecule has 1 fully saturated rings. The monoisotopic (exact) mass is 307 g/mol. The van der Waals surface area contributed by atoms with Crippen molar-refractivity contribution in [3.05, 3.63) is 54.1 Å². The van der Waals surface area contributed by atoms with Gasteiger partial charge in [-0.15, -0.1) is 0 Å². The molecule has 0 unspecified atom stereocenters. The van der Waals surface area contributed by atoms with Crippen LogP contribution in [0, 0.1) is 0 Å². The zero-order valence-corrected chi connectivity index (χ0v) is 12.6. The molecular formula is C18H17N3O2. The van der Waals surface area contributed by atoms with E-state index in [1.54, 1.807) is 4.90 Å². The lowest BCUT2D eigenvalue weighted by Gasteiger charge is -2.33. The van der Waals surface area contributed by atoms with E-state index in [0.29, 0.717) is 30.9 Å². The van der Waals surface area contributed by atoms with Crippen molar-refractivity contribution in [3.63, 3.8) is 0 Å². The first-order valence-corrected chi connectivity index (χ1v) is 7.76. The van der Waals surface area contributed by atoms with Crippen LogP contribution in [0.3, 0.4) is 0 Å². The highest BCUT2D eigenvalue weighted by Gasteiger charge is 2.36. The number of amides is 2. The third-order valence-corrected chi connectivity index (χ3v) is 4.42. The van der Waals surface area contributed by atoms with Crippen LogP contribution >= 0.6 is 0 Å². The van der Waals surface area contributed by atoms with E-state index in [9.17, 15) is 9.59 Å². The molecule has 2 heterocycles. The van der Waals surface area contributed by atoms with Crippen LogP contribution in [0.1, 0.15) is 10.4 Å². The Morgan fingerprint density at radius 3 is 2.65 bits per heavy atom. The Morgan fingerprint density at radius 1 is 1.00 bits per heavy atom. The third kappa shape index (κ3) is 2.39. The highest BCUT2D eigenvalue weighted by Crippen LogP contribution is 2.29. The summed E-state index contributed by atoms with van der Waals surface area (Å²) in [6.07, 6.45) is 0. The summed E-state index contributed by atoms with van der Waals surface area (Å²) in [7, 11) is 0. The molecule has 0 spiro atoms. The number of hydrogen-bond donors (Lipinski definition) is 2. The van der Waals surface area contributed by atoms with Crippen molar-refractivity contribution >= 4 is 17.5 Å². The fourth-order valence-corrected chi connectivity index (χ4v) is 3.19. The molecule has 2 aromatic carbocycles. The van der Waals surface area contributed by atoms with Crippen molar-refractivity contribution in [1.82, 2.24) is 10.2 Å². The van der Waals surface area contributed by atoms with Gasteiger partial charge in [-0.1, -0.05) is 36.4 Å². The molecule has 116 valence electrons. The second-order valence-corrected chi connectivity index (χ2v) is 5.83. The van der Waals surface area contributed by atoms with Crippen molar-refractivity contribution < 1.29 is 9.59 Å². The minimum Gasteiger partial charge on any atom is -0.324 e. The predicted octanol–water partition coefficient (Wildman–Crippen LogP) is 1.72. The Bertz CT molecular complexity index is 773. The first-order chi connectivity index (χ1) is 11.2. The Hall–Kier alpha value is -2.66. The van der Waals surface area contributed by atoms with Gasteiger partial charge in [0.2, 0.25) is 5.91 Å². The molecule has 0 saturated carbocycles. The maximum absolute atomic E-state index is 12.9. The fourth-order valence-electron chi connectivity index (χ4n) is 3.19. The molecule has 2 N–H and O–H groups in total. The van der Waals surface area contributed by atoms with E-state index in [4.69, 9.17) is 0 Å². The van der Waals surface area contributed by atoms with E-state index < -0.39 is 6.04 Å². The minimum atomic E-state index is -0.441.